The summed E-state index contributed by atoms with van der Waals surface area (Å²) in [5, 5.41) is 0. The van der Waals surface area contributed by atoms with Gasteiger partial charge in [0.1, 0.15) is 12.0 Å². The maximum atomic E-state index is 12.7. The van der Waals surface area contributed by atoms with Crippen LogP contribution in [0.15, 0.2) is 53.8 Å². The van der Waals surface area contributed by atoms with E-state index in [9.17, 15) is 9.59 Å². The van der Waals surface area contributed by atoms with Crippen LogP contribution in [0.1, 0.15) is 17.4 Å². The maximum Gasteiger partial charge on any atom is 0.272 e. The quantitative estimate of drug-likeness (QED) is 0.657. The molecule has 0 radical (unpaired) electrons. The molecule has 3 aromatic heterocycles. The highest BCUT2D eigenvalue weighted by Crippen LogP contribution is 2.21. The Morgan fingerprint density at radius 3 is 2.66 bits per heavy atom. The number of amides is 1. The molecule has 0 spiro atoms. The number of nitrogens with zero attached hydrogens (tertiary/aromatic N) is 7. The second kappa shape index (κ2) is 7.78. The van der Waals surface area contributed by atoms with Crippen molar-refractivity contribution in [1.29, 1.82) is 0 Å². The Kier molecular flexibility index (Phi) is 5.03. The van der Waals surface area contributed by atoms with Crippen molar-refractivity contribution in [1.82, 2.24) is 29.4 Å². The molecule has 0 N–H and O–H groups in total. The summed E-state index contributed by atoms with van der Waals surface area (Å²) >= 11 is 0. The van der Waals surface area contributed by atoms with E-state index in [2.05, 4.69) is 19.9 Å². The van der Waals surface area contributed by atoms with Gasteiger partial charge in [-0.1, -0.05) is 6.07 Å². The van der Waals surface area contributed by atoms with Gasteiger partial charge < -0.3 is 9.80 Å². The summed E-state index contributed by atoms with van der Waals surface area (Å²) in [6.45, 7) is 3.62. The monoisotopic (exact) mass is 391 g/mol. The predicted molar refractivity (Wildman–Crippen MR) is 107 cm³/mol. The van der Waals surface area contributed by atoms with Gasteiger partial charge >= 0.3 is 0 Å². The first-order chi connectivity index (χ1) is 14.0. The zero-order chi connectivity index (χ0) is 20.4. The Labute approximate surface area is 167 Å². The van der Waals surface area contributed by atoms with Crippen LogP contribution in [-0.4, -0.2) is 61.0 Å². The Morgan fingerprint density at radius 1 is 1.10 bits per heavy atom. The summed E-state index contributed by atoms with van der Waals surface area (Å²) in [4.78, 5) is 46.0. The molecule has 1 aliphatic rings. The highest BCUT2D eigenvalue weighted by Gasteiger charge is 2.30. The van der Waals surface area contributed by atoms with Gasteiger partial charge in [0.25, 0.3) is 11.5 Å². The van der Waals surface area contributed by atoms with Crippen molar-refractivity contribution in [3.05, 3.63) is 65.1 Å². The van der Waals surface area contributed by atoms with E-state index < -0.39 is 0 Å². The van der Waals surface area contributed by atoms with Crippen LogP contribution in [-0.2, 0) is 7.05 Å². The summed E-state index contributed by atoms with van der Waals surface area (Å²) < 4.78 is 1.53. The second-order valence-electron chi connectivity index (χ2n) is 6.94. The fourth-order valence-corrected chi connectivity index (χ4v) is 3.45. The first-order valence-electron chi connectivity index (χ1n) is 9.36. The molecule has 0 saturated carbocycles. The summed E-state index contributed by atoms with van der Waals surface area (Å²) in [6, 6.07) is 8.48. The molecule has 4 rings (SSSR count). The molecule has 9 heteroatoms. The Bertz CT molecular complexity index is 1070. The molecule has 1 amide bonds. The molecular weight excluding hydrogens is 370 g/mol. The average molecular weight is 391 g/mol. The van der Waals surface area contributed by atoms with Gasteiger partial charge in [-0.3, -0.25) is 19.1 Å². The second-order valence-corrected chi connectivity index (χ2v) is 6.94. The van der Waals surface area contributed by atoms with E-state index in [1.54, 1.807) is 48.6 Å². The summed E-state index contributed by atoms with van der Waals surface area (Å²) in [5.74, 6) is 0.470. The fraction of sp³-hybridized carbons (Fsp3) is 0.300. The molecule has 1 fully saturated rings. The Hall–Kier alpha value is -3.62. The third-order valence-corrected chi connectivity index (χ3v) is 5.01. The van der Waals surface area contributed by atoms with Crippen molar-refractivity contribution in [3.8, 4) is 11.4 Å². The van der Waals surface area contributed by atoms with Crippen molar-refractivity contribution in [2.45, 2.75) is 13.0 Å². The zero-order valence-corrected chi connectivity index (χ0v) is 16.3. The third kappa shape index (κ3) is 3.71. The molecule has 0 aliphatic carbocycles. The van der Waals surface area contributed by atoms with Crippen LogP contribution in [0.2, 0.25) is 0 Å². The highest BCUT2D eigenvalue weighted by molar-refractivity contribution is 5.92. The number of anilines is 1. The van der Waals surface area contributed by atoms with E-state index in [1.165, 1.54) is 17.0 Å². The maximum absolute atomic E-state index is 12.7. The first-order valence-corrected chi connectivity index (χ1v) is 9.36. The van der Waals surface area contributed by atoms with Gasteiger partial charge in [-0.2, -0.15) is 0 Å². The molecule has 0 bridgehead atoms. The van der Waals surface area contributed by atoms with Gasteiger partial charge in [-0.15, -0.1) is 0 Å². The van der Waals surface area contributed by atoms with Crippen molar-refractivity contribution >= 4 is 11.9 Å². The van der Waals surface area contributed by atoms with Crippen LogP contribution in [0.3, 0.4) is 0 Å². The third-order valence-electron chi connectivity index (χ3n) is 5.01. The first kappa shape index (κ1) is 18.7. The molecule has 148 valence electrons. The van der Waals surface area contributed by atoms with Crippen molar-refractivity contribution in [3.63, 3.8) is 0 Å². The molecule has 1 atom stereocenters. The number of piperazine rings is 1. The van der Waals surface area contributed by atoms with E-state index in [0.29, 0.717) is 42.7 Å². The lowest BCUT2D eigenvalue weighted by Gasteiger charge is -2.40. The largest absolute Gasteiger partial charge is 0.336 e. The van der Waals surface area contributed by atoms with E-state index in [-0.39, 0.29) is 17.5 Å². The van der Waals surface area contributed by atoms with Gasteiger partial charge in [-0.25, -0.2) is 15.0 Å². The topological polar surface area (TPSA) is 97.1 Å². The van der Waals surface area contributed by atoms with Gasteiger partial charge in [0.2, 0.25) is 5.95 Å². The Morgan fingerprint density at radius 2 is 1.97 bits per heavy atom. The van der Waals surface area contributed by atoms with Gasteiger partial charge in [0.15, 0.2) is 0 Å². The van der Waals surface area contributed by atoms with Crippen LogP contribution in [0, 0.1) is 0 Å². The number of carbonyl (C=O) groups is 1. The molecular formula is C20H21N7O2. The lowest BCUT2D eigenvalue weighted by Crippen LogP contribution is -2.55. The van der Waals surface area contributed by atoms with Crippen molar-refractivity contribution < 1.29 is 4.79 Å². The lowest BCUT2D eigenvalue weighted by atomic mass is 10.2. The predicted octanol–water partition coefficient (Wildman–Crippen LogP) is 0.983. The van der Waals surface area contributed by atoms with Crippen LogP contribution in [0.4, 0.5) is 5.95 Å². The van der Waals surface area contributed by atoms with Gasteiger partial charge in [0, 0.05) is 51.2 Å². The van der Waals surface area contributed by atoms with Crippen LogP contribution < -0.4 is 10.5 Å². The van der Waals surface area contributed by atoms with E-state index >= 15 is 0 Å². The van der Waals surface area contributed by atoms with E-state index in [4.69, 9.17) is 0 Å². The number of pyridine rings is 1. The minimum absolute atomic E-state index is 0.0184. The fourth-order valence-electron chi connectivity index (χ4n) is 3.45. The molecule has 9 nitrogen and oxygen atoms in total. The standard InChI is InChI=1S/C20H21N7O2/c1-14-12-26(19(29)16-5-3-4-7-22-16)9-10-27(14)20-24-17(11-18(28)25(20)2)15-6-8-21-13-23-15/h3-8,11,13-14H,9-10,12H2,1-2H3/t14-/m1/s1. The number of hydrogen-bond donors (Lipinski definition) is 0. The number of carbonyl (C=O) groups excluding carboxylic acids is 1. The smallest absolute Gasteiger partial charge is 0.272 e. The minimum atomic E-state index is -0.164. The highest BCUT2D eigenvalue weighted by atomic mass is 16.2. The summed E-state index contributed by atoms with van der Waals surface area (Å²) in [7, 11) is 1.70. The molecule has 4 heterocycles. The lowest BCUT2D eigenvalue weighted by molar-refractivity contribution is 0.0719. The van der Waals surface area contributed by atoms with Gasteiger partial charge in [0.05, 0.1) is 11.4 Å². The molecule has 3 aromatic rings. The average Bonchev–Trinajstić information content (AvgIpc) is 2.76. The van der Waals surface area contributed by atoms with Crippen LogP contribution in [0.5, 0.6) is 0 Å². The van der Waals surface area contributed by atoms with Crippen molar-refractivity contribution in [2.24, 2.45) is 7.05 Å². The SMILES string of the molecule is C[C@@H]1CN(C(=O)c2ccccn2)CCN1c1nc(-c2ccncn2)cc(=O)n1C. The molecule has 0 unspecified atom stereocenters. The van der Waals surface area contributed by atoms with Crippen molar-refractivity contribution in [2.75, 3.05) is 24.5 Å². The van der Waals surface area contributed by atoms with Crippen LogP contribution in [0.25, 0.3) is 11.4 Å². The van der Waals surface area contributed by atoms with E-state index in [0.717, 1.165) is 0 Å². The number of aromatic nitrogens is 5. The Balaban J connectivity index is 1.59. The van der Waals surface area contributed by atoms with Gasteiger partial charge in [-0.05, 0) is 25.1 Å². The molecule has 1 aliphatic heterocycles. The van der Waals surface area contributed by atoms with E-state index in [1.807, 2.05) is 11.8 Å². The molecule has 1 saturated heterocycles. The van der Waals surface area contributed by atoms with Crippen LogP contribution >= 0.6 is 0 Å². The summed E-state index contributed by atoms with van der Waals surface area (Å²) in [6.07, 6.45) is 4.66. The minimum Gasteiger partial charge on any atom is -0.336 e. The molecule has 0 aromatic carbocycles. The molecule has 29 heavy (non-hydrogen) atoms. The summed E-state index contributed by atoms with van der Waals surface area (Å²) in [5.41, 5.74) is 1.37. The number of rotatable bonds is 3. The number of hydrogen-bond acceptors (Lipinski definition) is 7. The zero-order valence-electron chi connectivity index (χ0n) is 16.3. The normalized spacial score (nSPS) is 16.7.